The van der Waals surface area contributed by atoms with Crippen LogP contribution >= 0.6 is 0 Å². The fourth-order valence-electron chi connectivity index (χ4n) is 4.38. The van der Waals surface area contributed by atoms with E-state index in [9.17, 15) is 22.7 Å². The maximum Gasteiger partial charge on any atom is 0.407 e. The number of amides is 1. The van der Waals surface area contributed by atoms with Crippen molar-refractivity contribution in [2.75, 3.05) is 12.8 Å². The summed E-state index contributed by atoms with van der Waals surface area (Å²) >= 11 is 0. The Morgan fingerprint density at radius 3 is 2.62 bits per heavy atom. The van der Waals surface area contributed by atoms with Crippen molar-refractivity contribution < 1.29 is 27.1 Å². The van der Waals surface area contributed by atoms with Gasteiger partial charge in [-0.2, -0.15) is 0 Å². The number of hydrogen-bond donors (Lipinski definition) is 1. The van der Waals surface area contributed by atoms with Gasteiger partial charge in [0.05, 0.1) is 10.5 Å². The normalized spacial score (nSPS) is 19.6. The van der Waals surface area contributed by atoms with Crippen LogP contribution in [0.25, 0.3) is 22.6 Å². The van der Waals surface area contributed by atoms with E-state index in [1.54, 1.807) is 0 Å². The molecule has 1 aliphatic rings. The molecule has 0 bridgehead atoms. The predicted octanol–water partition coefficient (Wildman–Crippen LogP) is 4.92. The third-order valence-corrected chi connectivity index (χ3v) is 7.25. The van der Waals surface area contributed by atoms with E-state index in [1.807, 2.05) is 32.0 Å². The molecule has 0 spiro atoms. The maximum atomic E-state index is 14.6. The Morgan fingerprint density at radius 2 is 2.00 bits per heavy atom. The molecule has 1 saturated heterocycles. The molecule has 2 atom stereocenters. The van der Waals surface area contributed by atoms with Crippen LogP contribution in [0.5, 0.6) is 0 Å². The SMILES string of the molecule is CC(C)C1CC(c2ccc3nc(-c4ccc(S(C)(=O)=O)cc4F)oc3c2)CCN1C(=O)O. The number of hydrogen-bond acceptors (Lipinski definition) is 5. The van der Waals surface area contributed by atoms with Gasteiger partial charge in [0.25, 0.3) is 0 Å². The van der Waals surface area contributed by atoms with Crippen molar-refractivity contribution in [3.8, 4) is 11.5 Å². The summed E-state index contributed by atoms with van der Waals surface area (Å²) in [5.74, 6) is -0.259. The Labute approximate surface area is 185 Å². The number of rotatable bonds is 4. The van der Waals surface area contributed by atoms with Crippen LogP contribution < -0.4 is 0 Å². The van der Waals surface area contributed by atoms with Crippen LogP contribution in [-0.2, 0) is 9.84 Å². The second kappa shape index (κ2) is 8.20. The van der Waals surface area contributed by atoms with Gasteiger partial charge in [0.2, 0.25) is 5.89 Å². The maximum absolute atomic E-state index is 14.6. The second-order valence-electron chi connectivity index (χ2n) is 8.67. The molecule has 2 aromatic carbocycles. The predicted molar refractivity (Wildman–Crippen MR) is 118 cm³/mol. The number of aromatic nitrogens is 1. The minimum absolute atomic E-state index is 0.0605. The Hall–Kier alpha value is -2.94. The van der Waals surface area contributed by atoms with Crippen molar-refractivity contribution >= 4 is 27.0 Å². The van der Waals surface area contributed by atoms with Gasteiger partial charge >= 0.3 is 6.09 Å². The van der Waals surface area contributed by atoms with E-state index in [1.165, 1.54) is 17.0 Å². The first-order valence-electron chi connectivity index (χ1n) is 10.4. The number of nitrogens with zero attached hydrogens (tertiary/aromatic N) is 2. The van der Waals surface area contributed by atoms with Gasteiger partial charge in [0.15, 0.2) is 15.4 Å². The Balaban J connectivity index is 1.64. The topological polar surface area (TPSA) is 101 Å². The Morgan fingerprint density at radius 1 is 1.25 bits per heavy atom. The molecule has 1 N–H and O–H groups in total. The lowest BCUT2D eigenvalue weighted by molar-refractivity contribution is 0.0828. The van der Waals surface area contributed by atoms with Crippen molar-refractivity contribution in [1.82, 2.24) is 9.88 Å². The monoisotopic (exact) mass is 460 g/mol. The molecule has 1 aliphatic heterocycles. The molecule has 32 heavy (non-hydrogen) atoms. The van der Waals surface area contributed by atoms with E-state index < -0.39 is 21.7 Å². The van der Waals surface area contributed by atoms with Crippen LogP contribution in [0, 0.1) is 11.7 Å². The van der Waals surface area contributed by atoms with Gasteiger partial charge in [-0.15, -0.1) is 0 Å². The van der Waals surface area contributed by atoms with E-state index in [2.05, 4.69) is 4.98 Å². The smallest absolute Gasteiger partial charge is 0.407 e. The third-order valence-electron chi connectivity index (χ3n) is 6.14. The molecular weight excluding hydrogens is 435 g/mol. The van der Waals surface area contributed by atoms with Gasteiger partial charge < -0.3 is 14.4 Å². The minimum atomic E-state index is -3.52. The summed E-state index contributed by atoms with van der Waals surface area (Å²) < 4.78 is 43.7. The molecule has 4 rings (SSSR count). The lowest BCUT2D eigenvalue weighted by Gasteiger charge is -2.40. The number of carbonyl (C=O) groups is 1. The van der Waals surface area contributed by atoms with E-state index in [0.717, 1.165) is 24.3 Å². The van der Waals surface area contributed by atoms with Crippen LogP contribution in [0.1, 0.15) is 38.2 Å². The molecule has 1 amide bonds. The molecule has 7 nitrogen and oxygen atoms in total. The number of piperidine rings is 1. The molecule has 0 aliphatic carbocycles. The quantitative estimate of drug-likeness (QED) is 0.593. The van der Waals surface area contributed by atoms with Gasteiger partial charge in [-0.1, -0.05) is 19.9 Å². The Kier molecular flexibility index (Phi) is 5.70. The lowest BCUT2D eigenvalue weighted by atomic mass is 9.81. The van der Waals surface area contributed by atoms with Crippen molar-refractivity contribution in [2.24, 2.45) is 5.92 Å². The van der Waals surface area contributed by atoms with E-state index >= 15 is 0 Å². The van der Waals surface area contributed by atoms with Crippen LogP contribution in [0.4, 0.5) is 9.18 Å². The summed E-state index contributed by atoms with van der Waals surface area (Å²) in [4.78, 5) is 17.3. The molecule has 170 valence electrons. The van der Waals surface area contributed by atoms with Crippen molar-refractivity contribution in [1.29, 1.82) is 0 Å². The number of fused-ring (bicyclic) bond motifs is 1. The van der Waals surface area contributed by atoms with Gasteiger partial charge in [0, 0.05) is 18.8 Å². The average Bonchev–Trinajstić information content (AvgIpc) is 3.15. The largest absolute Gasteiger partial charge is 0.465 e. The number of carboxylic acid groups (broad SMARTS) is 1. The fourth-order valence-corrected chi connectivity index (χ4v) is 5.01. The number of sulfone groups is 1. The summed E-state index contributed by atoms with van der Waals surface area (Å²) in [5, 5.41) is 9.49. The zero-order chi connectivity index (χ0) is 23.2. The van der Waals surface area contributed by atoms with Crippen LogP contribution in [-0.4, -0.2) is 48.3 Å². The molecule has 1 fully saturated rings. The summed E-state index contributed by atoms with van der Waals surface area (Å²) in [6.45, 7) is 4.53. The first-order valence-corrected chi connectivity index (χ1v) is 12.3. The Bertz CT molecular complexity index is 1280. The van der Waals surface area contributed by atoms with E-state index in [-0.39, 0.29) is 34.2 Å². The fraction of sp³-hybridized carbons (Fsp3) is 0.391. The molecule has 2 unspecified atom stereocenters. The third kappa shape index (κ3) is 4.21. The first kappa shape index (κ1) is 22.3. The standard InChI is InChI=1S/C23H25FN2O5S/c1-13(2)20-10-15(8-9-26(20)23(27)28)14-4-7-19-21(11-14)31-22(25-19)17-6-5-16(12-18(17)24)32(3,29)30/h4-7,11-13,15,20H,8-10H2,1-3H3,(H,27,28). The van der Waals surface area contributed by atoms with Crippen LogP contribution in [0.15, 0.2) is 45.7 Å². The highest BCUT2D eigenvalue weighted by Gasteiger charge is 2.34. The van der Waals surface area contributed by atoms with Crippen molar-refractivity contribution in [3.05, 3.63) is 47.8 Å². The molecule has 1 aromatic heterocycles. The molecule has 9 heteroatoms. The van der Waals surface area contributed by atoms with Gasteiger partial charge in [-0.3, -0.25) is 0 Å². The summed E-state index contributed by atoms with van der Waals surface area (Å²) in [5.41, 5.74) is 2.19. The van der Waals surface area contributed by atoms with E-state index in [0.29, 0.717) is 24.1 Å². The highest BCUT2D eigenvalue weighted by molar-refractivity contribution is 7.90. The lowest BCUT2D eigenvalue weighted by Crippen LogP contribution is -2.47. The van der Waals surface area contributed by atoms with E-state index in [4.69, 9.17) is 4.42 Å². The first-order chi connectivity index (χ1) is 15.0. The number of oxazole rings is 1. The molecule has 2 heterocycles. The summed E-state index contributed by atoms with van der Waals surface area (Å²) in [7, 11) is -3.52. The molecule has 3 aromatic rings. The molecule has 0 saturated carbocycles. The zero-order valence-electron chi connectivity index (χ0n) is 18.1. The van der Waals surface area contributed by atoms with Crippen molar-refractivity contribution in [2.45, 2.75) is 43.5 Å². The average molecular weight is 461 g/mol. The highest BCUT2D eigenvalue weighted by Crippen LogP contribution is 2.36. The van der Waals surface area contributed by atoms with Crippen LogP contribution in [0.3, 0.4) is 0 Å². The minimum Gasteiger partial charge on any atom is -0.465 e. The zero-order valence-corrected chi connectivity index (χ0v) is 18.9. The van der Waals surface area contributed by atoms with Crippen LogP contribution in [0.2, 0.25) is 0 Å². The number of likely N-dealkylation sites (tertiary alicyclic amines) is 1. The van der Waals surface area contributed by atoms with Crippen molar-refractivity contribution in [3.63, 3.8) is 0 Å². The summed E-state index contributed by atoms with van der Waals surface area (Å²) in [6.07, 6.45) is 1.57. The molecule has 0 radical (unpaired) electrons. The summed E-state index contributed by atoms with van der Waals surface area (Å²) in [6, 6.07) is 9.24. The van der Waals surface area contributed by atoms with Gasteiger partial charge in [-0.25, -0.2) is 22.6 Å². The highest BCUT2D eigenvalue weighted by atomic mass is 32.2. The van der Waals surface area contributed by atoms with Gasteiger partial charge in [-0.05, 0) is 60.6 Å². The second-order valence-corrected chi connectivity index (χ2v) is 10.7. The van der Waals surface area contributed by atoms with Gasteiger partial charge in [0.1, 0.15) is 11.3 Å². The number of benzene rings is 2. The number of halogens is 1. The molecular formula is C23H25FN2O5S.